The van der Waals surface area contributed by atoms with Crippen LogP contribution in [0.1, 0.15) is 68.1 Å². The summed E-state index contributed by atoms with van der Waals surface area (Å²) in [4.78, 5) is 39.8. The SMILES string of the molecule is COc1ccc(C(=O)NC2CCC(NC(=O)[C@H]3CCCN3C(=O)C3CCC3)CC2)cc1. The van der Waals surface area contributed by atoms with E-state index in [9.17, 15) is 14.4 Å². The normalized spacial score (nSPS) is 26.1. The summed E-state index contributed by atoms with van der Waals surface area (Å²) >= 11 is 0. The van der Waals surface area contributed by atoms with Crippen molar-refractivity contribution in [3.05, 3.63) is 29.8 Å². The van der Waals surface area contributed by atoms with Crippen molar-refractivity contribution < 1.29 is 19.1 Å². The van der Waals surface area contributed by atoms with Crippen molar-refractivity contribution in [2.24, 2.45) is 5.92 Å². The minimum atomic E-state index is -0.305. The topological polar surface area (TPSA) is 87.7 Å². The van der Waals surface area contributed by atoms with E-state index in [-0.39, 0.29) is 41.8 Å². The van der Waals surface area contributed by atoms with Crippen LogP contribution in [-0.2, 0) is 9.59 Å². The molecule has 0 spiro atoms. The van der Waals surface area contributed by atoms with Gasteiger partial charge in [0, 0.05) is 30.1 Å². The third-order valence-corrected chi connectivity index (χ3v) is 7.05. The zero-order valence-electron chi connectivity index (χ0n) is 18.3. The van der Waals surface area contributed by atoms with Gasteiger partial charge in [0.05, 0.1) is 7.11 Å². The standard InChI is InChI=1S/C24H33N3O4/c1-31-20-13-7-16(8-14-20)22(28)25-18-9-11-19(12-10-18)26-23(29)21-6-3-15-27(21)24(30)17-4-2-5-17/h7-8,13-14,17-19,21H,2-6,9-12,15H2,1H3,(H,25,28)(H,26,29)/t18?,19?,21-/m1/s1. The second-order valence-electron chi connectivity index (χ2n) is 9.08. The number of nitrogens with zero attached hydrogens (tertiary/aromatic N) is 1. The Balaban J connectivity index is 1.22. The molecular weight excluding hydrogens is 394 g/mol. The molecule has 2 saturated carbocycles. The van der Waals surface area contributed by atoms with Crippen LogP contribution in [0, 0.1) is 5.92 Å². The van der Waals surface area contributed by atoms with Crippen molar-refractivity contribution in [1.82, 2.24) is 15.5 Å². The predicted molar refractivity (Wildman–Crippen MR) is 117 cm³/mol. The number of methoxy groups -OCH3 is 1. The molecule has 1 atom stereocenters. The summed E-state index contributed by atoms with van der Waals surface area (Å²) in [5, 5.41) is 6.28. The lowest BCUT2D eigenvalue weighted by Gasteiger charge is -2.34. The Morgan fingerprint density at radius 3 is 2.10 bits per heavy atom. The van der Waals surface area contributed by atoms with E-state index in [1.54, 1.807) is 31.4 Å². The maximum absolute atomic E-state index is 12.9. The first-order valence-electron chi connectivity index (χ1n) is 11.6. The first kappa shape index (κ1) is 21.7. The molecule has 7 nitrogen and oxygen atoms in total. The number of rotatable bonds is 6. The van der Waals surface area contributed by atoms with E-state index in [0.717, 1.165) is 63.5 Å². The summed E-state index contributed by atoms with van der Waals surface area (Å²) in [6.07, 6.45) is 8.07. The first-order chi connectivity index (χ1) is 15.0. The van der Waals surface area contributed by atoms with Gasteiger partial charge in [-0.25, -0.2) is 0 Å². The van der Waals surface area contributed by atoms with Crippen molar-refractivity contribution in [3.63, 3.8) is 0 Å². The lowest BCUT2D eigenvalue weighted by molar-refractivity contribution is -0.143. The highest BCUT2D eigenvalue weighted by Gasteiger charge is 2.39. The third kappa shape index (κ3) is 5.02. The molecule has 0 unspecified atom stereocenters. The van der Waals surface area contributed by atoms with Gasteiger partial charge in [0.25, 0.3) is 5.91 Å². The van der Waals surface area contributed by atoms with Crippen LogP contribution in [0.25, 0.3) is 0 Å². The third-order valence-electron chi connectivity index (χ3n) is 7.05. The molecule has 2 N–H and O–H groups in total. The summed E-state index contributed by atoms with van der Waals surface area (Å²) in [6, 6.07) is 7.01. The lowest BCUT2D eigenvalue weighted by atomic mass is 9.84. The molecule has 168 valence electrons. The molecule has 0 bridgehead atoms. The molecule has 0 radical (unpaired) electrons. The van der Waals surface area contributed by atoms with Gasteiger partial charge in [-0.2, -0.15) is 0 Å². The number of carbonyl (C=O) groups is 3. The first-order valence-corrected chi connectivity index (χ1v) is 11.6. The number of ether oxygens (including phenoxy) is 1. The monoisotopic (exact) mass is 427 g/mol. The molecule has 2 aliphatic carbocycles. The minimum absolute atomic E-state index is 0.00380. The van der Waals surface area contributed by atoms with E-state index < -0.39 is 0 Å². The van der Waals surface area contributed by atoms with Crippen LogP contribution in [0.5, 0.6) is 5.75 Å². The fourth-order valence-electron chi connectivity index (χ4n) is 4.88. The molecule has 1 heterocycles. The highest BCUT2D eigenvalue weighted by molar-refractivity contribution is 5.94. The highest BCUT2D eigenvalue weighted by atomic mass is 16.5. The second-order valence-corrected chi connectivity index (χ2v) is 9.08. The zero-order valence-corrected chi connectivity index (χ0v) is 18.3. The number of carbonyl (C=O) groups excluding carboxylic acids is 3. The number of hydrogen-bond acceptors (Lipinski definition) is 4. The summed E-state index contributed by atoms with van der Waals surface area (Å²) < 4.78 is 5.13. The number of nitrogens with one attached hydrogen (secondary N) is 2. The summed E-state index contributed by atoms with van der Waals surface area (Å²) in [5.41, 5.74) is 0.619. The fraction of sp³-hybridized carbons (Fsp3) is 0.625. The van der Waals surface area contributed by atoms with Gasteiger partial charge in [0.1, 0.15) is 11.8 Å². The lowest BCUT2D eigenvalue weighted by Crippen LogP contribution is -2.52. The second kappa shape index (κ2) is 9.71. The molecule has 1 saturated heterocycles. The van der Waals surface area contributed by atoms with Crippen LogP contribution in [0.15, 0.2) is 24.3 Å². The Kier molecular flexibility index (Phi) is 6.78. The molecule has 0 aromatic heterocycles. The zero-order chi connectivity index (χ0) is 21.8. The van der Waals surface area contributed by atoms with E-state index >= 15 is 0 Å². The van der Waals surface area contributed by atoms with Crippen LogP contribution in [0.3, 0.4) is 0 Å². The molecule has 31 heavy (non-hydrogen) atoms. The van der Waals surface area contributed by atoms with Gasteiger partial charge in [-0.3, -0.25) is 14.4 Å². The van der Waals surface area contributed by atoms with Crippen LogP contribution in [-0.4, -0.2) is 54.4 Å². The Morgan fingerprint density at radius 1 is 0.871 bits per heavy atom. The quantitative estimate of drug-likeness (QED) is 0.731. The van der Waals surface area contributed by atoms with E-state index in [2.05, 4.69) is 10.6 Å². The van der Waals surface area contributed by atoms with Crippen LogP contribution < -0.4 is 15.4 Å². The van der Waals surface area contributed by atoms with Gasteiger partial charge in [0.2, 0.25) is 11.8 Å². The number of likely N-dealkylation sites (tertiary alicyclic amines) is 1. The predicted octanol–water partition coefficient (Wildman–Crippen LogP) is 2.64. The van der Waals surface area contributed by atoms with Crippen molar-refractivity contribution in [3.8, 4) is 5.75 Å². The van der Waals surface area contributed by atoms with Gasteiger partial charge in [-0.1, -0.05) is 6.42 Å². The Bertz CT molecular complexity index is 798. The maximum atomic E-state index is 12.9. The average molecular weight is 428 g/mol. The largest absolute Gasteiger partial charge is 0.497 e. The fourth-order valence-corrected chi connectivity index (χ4v) is 4.88. The summed E-state index contributed by atoms with van der Waals surface area (Å²) in [7, 11) is 1.60. The molecular formula is C24H33N3O4. The average Bonchev–Trinajstić information content (AvgIpc) is 3.24. The Labute approximate surface area is 183 Å². The van der Waals surface area contributed by atoms with Gasteiger partial charge in [0.15, 0.2) is 0 Å². The van der Waals surface area contributed by atoms with Crippen molar-refractivity contribution >= 4 is 17.7 Å². The van der Waals surface area contributed by atoms with E-state index in [4.69, 9.17) is 4.74 Å². The van der Waals surface area contributed by atoms with Gasteiger partial charge < -0.3 is 20.3 Å². The molecule has 1 aromatic rings. The van der Waals surface area contributed by atoms with Crippen molar-refractivity contribution in [2.75, 3.05) is 13.7 Å². The molecule has 7 heteroatoms. The van der Waals surface area contributed by atoms with E-state index in [1.165, 1.54) is 0 Å². The number of amides is 3. The van der Waals surface area contributed by atoms with Crippen molar-refractivity contribution in [1.29, 1.82) is 0 Å². The summed E-state index contributed by atoms with van der Waals surface area (Å²) in [5.74, 6) is 0.956. The van der Waals surface area contributed by atoms with Gasteiger partial charge >= 0.3 is 0 Å². The molecule has 1 aromatic carbocycles. The molecule has 3 aliphatic rings. The molecule has 3 fully saturated rings. The van der Waals surface area contributed by atoms with Gasteiger partial charge in [-0.15, -0.1) is 0 Å². The van der Waals surface area contributed by atoms with Crippen LogP contribution in [0.2, 0.25) is 0 Å². The number of hydrogen-bond donors (Lipinski definition) is 2. The number of benzene rings is 1. The Hall–Kier alpha value is -2.57. The van der Waals surface area contributed by atoms with E-state index in [1.807, 2.05) is 4.90 Å². The Morgan fingerprint density at radius 2 is 1.52 bits per heavy atom. The van der Waals surface area contributed by atoms with Crippen molar-refractivity contribution in [2.45, 2.75) is 75.9 Å². The smallest absolute Gasteiger partial charge is 0.251 e. The highest BCUT2D eigenvalue weighted by Crippen LogP contribution is 2.31. The van der Waals surface area contributed by atoms with Crippen LogP contribution in [0.4, 0.5) is 0 Å². The maximum Gasteiger partial charge on any atom is 0.251 e. The molecule has 3 amide bonds. The van der Waals surface area contributed by atoms with Crippen LogP contribution >= 0.6 is 0 Å². The molecule has 1 aliphatic heterocycles. The van der Waals surface area contributed by atoms with Gasteiger partial charge in [-0.05, 0) is 75.6 Å². The molecule has 4 rings (SSSR count). The minimum Gasteiger partial charge on any atom is -0.497 e. The summed E-state index contributed by atoms with van der Waals surface area (Å²) in [6.45, 7) is 0.706. The van der Waals surface area contributed by atoms with E-state index in [0.29, 0.717) is 12.1 Å².